The highest BCUT2D eigenvalue weighted by Crippen LogP contribution is 2.41. The summed E-state index contributed by atoms with van der Waals surface area (Å²) in [4.78, 5) is 14.9. The van der Waals surface area contributed by atoms with Gasteiger partial charge in [-0.05, 0) is 68.5 Å². The molecule has 3 aliphatic rings. The molecule has 0 radical (unpaired) electrons. The third-order valence-corrected chi connectivity index (χ3v) is 6.92. The van der Waals surface area contributed by atoms with Crippen molar-refractivity contribution in [3.05, 3.63) is 10.6 Å². The zero-order valence-electron chi connectivity index (χ0n) is 16.2. The summed E-state index contributed by atoms with van der Waals surface area (Å²) < 4.78 is 3.00. The minimum atomic E-state index is 0.368. The number of piperidine rings is 1. The summed E-state index contributed by atoms with van der Waals surface area (Å²) in [5.74, 6) is 2.50. The molecule has 26 heavy (non-hydrogen) atoms. The number of hydrogen-bond donors (Lipinski definition) is 1. The van der Waals surface area contributed by atoms with E-state index in [1.54, 1.807) is 0 Å². The predicted octanol–water partition coefficient (Wildman–Crippen LogP) is 4.59. The molecular weight excluding hydrogens is 344 g/mol. The molecule has 5 nitrogen and oxygen atoms in total. The van der Waals surface area contributed by atoms with Crippen molar-refractivity contribution in [2.45, 2.75) is 83.6 Å². The zero-order chi connectivity index (χ0) is 18.3. The highest BCUT2D eigenvalue weighted by Gasteiger charge is 2.34. The summed E-state index contributed by atoms with van der Waals surface area (Å²) in [7, 11) is 0. The van der Waals surface area contributed by atoms with E-state index in [9.17, 15) is 4.79 Å². The van der Waals surface area contributed by atoms with Crippen LogP contribution in [0.15, 0.2) is 0 Å². The predicted molar refractivity (Wildman–Crippen MR) is 105 cm³/mol. The number of aromatic amines is 1. The lowest BCUT2D eigenvalue weighted by molar-refractivity contribution is -0.133. The van der Waals surface area contributed by atoms with Gasteiger partial charge in [-0.1, -0.05) is 20.3 Å². The largest absolute Gasteiger partial charge is 0.343 e. The van der Waals surface area contributed by atoms with Gasteiger partial charge in [0.2, 0.25) is 5.91 Å². The molecule has 144 valence electrons. The molecular formula is C20H32N4OS. The molecule has 0 aromatic carbocycles. The molecule has 1 aliphatic heterocycles. The number of rotatable bonds is 4. The van der Waals surface area contributed by atoms with E-state index < -0.39 is 0 Å². The summed E-state index contributed by atoms with van der Waals surface area (Å²) in [6.45, 7) is 6.43. The van der Waals surface area contributed by atoms with E-state index >= 15 is 0 Å². The molecule has 2 heterocycles. The Balaban J connectivity index is 1.32. The van der Waals surface area contributed by atoms with Gasteiger partial charge in [0.15, 0.2) is 4.77 Å². The van der Waals surface area contributed by atoms with Crippen LogP contribution in [0, 0.1) is 16.1 Å². The van der Waals surface area contributed by atoms with Crippen LogP contribution in [-0.2, 0) is 4.79 Å². The fourth-order valence-electron chi connectivity index (χ4n) is 5.08. The molecule has 1 saturated heterocycles. The van der Waals surface area contributed by atoms with E-state index in [0.717, 1.165) is 42.9 Å². The average molecular weight is 377 g/mol. The Hall–Kier alpha value is -1.17. The lowest BCUT2D eigenvalue weighted by atomic mass is 9.71. The quantitative estimate of drug-likeness (QED) is 0.782. The first-order valence-corrected chi connectivity index (χ1v) is 10.8. The SMILES string of the molecule is CC1(C)CCC[C@@H](CC(=O)N2CCC(c3n[nH]c(=S)n3C3CC3)CC2)C1. The molecule has 0 bridgehead atoms. The number of H-pyrrole nitrogens is 1. The first-order valence-electron chi connectivity index (χ1n) is 10.4. The van der Waals surface area contributed by atoms with Gasteiger partial charge in [-0.15, -0.1) is 0 Å². The van der Waals surface area contributed by atoms with Gasteiger partial charge in [-0.25, -0.2) is 0 Å². The van der Waals surface area contributed by atoms with E-state index in [-0.39, 0.29) is 0 Å². The maximum absolute atomic E-state index is 12.8. The molecule has 2 aliphatic carbocycles. The molecule has 1 amide bonds. The van der Waals surface area contributed by atoms with E-state index in [1.807, 2.05) is 0 Å². The first-order chi connectivity index (χ1) is 12.4. The monoisotopic (exact) mass is 376 g/mol. The minimum Gasteiger partial charge on any atom is -0.343 e. The maximum Gasteiger partial charge on any atom is 0.222 e. The van der Waals surface area contributed by atoms with Crippen LogP contribution in [0.1, 0.15) is 89.4 Å². The van der Waals surface area contributed by atoms with Gasteiger partial charge in [0.05, 0.1) is 0 Å². The van der Waals surface area contributed by atoms with E-state index in [4.69, 9.17) is 12.2 Å². The number of amides is 1. The molecule has 0 spiro atoms. The van der Waals surface area contributed by atoms with Crippen LogP contribution in [0.4, 0.5) is 0 Å². The second-order valence-electron chi connectivity index (χ2n) is 9.47. The molecule has 1 N–H and O–H groups in total. The number of likely N-dealkylation sites (tertiary alicyclic amines) is 1. The Bertz CT molecular complexity index is 710. The molecule has 1 atom stereocenters. The number of nitrogens with one attached hydrogen (secondary N) is 1. The summed E-state index contributed by atoms with van der Waals surface area (Å²) in [5.41, 5.74) is 0.411. The van der Waals surface area contributed by atoms with Crippen molar-refractivity contribution in [3.8, 4) is 0 Å². The Morgan fingerprint density at radius 1 is 1.23 bits per heavy atom. The Morgan fingerprint density at radius 2 is 1.96 bits per heavy atom. The smallest absolute Gasteiger partial charge is 0.222 e. The van der Waals surface area contributed by atoms with Gasteiger partial charge in [-0.2, -0.15) is 5.10 Å². The van der Waals surface area contributed by atoms with Gasteiger partial charge in [0.1, 0.15) is 5.82 Å². The van der Waals surface area contributed by atoms with Gasteiger partial charge in [0.25, 0.3) is 0 Å². The summed E-state index contributed by atoms with van der Waals surface area (Å²) in [6, 6.07) is 0.561. The van der Waals surface area contributed by atoms with Crippen molar-refractivity contribution in [2.24, 2.45) is 11.3 Å². The fourth-order valence-corrected chi connectivity index (χ4v) is 5.37. The van der Waals surface area contributed by atoms with E-state index in [1.165, 1.54) is 38.5 Å². The number of hydrogen-bond acceptors (Lipinski definition) is 3. The molecule has 1 aromatic rings. The minimum absolute atomic E-state index is 0.368. The highest BCUT2D eigenvalue weighted by atomic mass is 32.1. The lowest BCUT2D eigenvalue weighted by Gasteiger charge is -2.37. The van der Waals surface area contributed by atoms with E-state index in [2.05, 4.69) is 33.5 Å². The average Bonchev–Trinajstić information content (AvgIpc) is 3.36. The highest BCUT2D eigenvalue weighted by molar-refractivity contribution is 7.71. The van der Waals surface area contributed by atoms with Crippen LogP contribution in [0.25, 0.3) is 0 Å². The third-order valence-electron chi connectivity index (χ3n) is 6.63. The van der Waals surface area contributed by atoms with Crippen molar-refractivity contribution in [2.75, 3.05) is 13.1 Å². The lowest BCUT2D eigenvalue weighted by Crippen LogP contribution is -2.39. The van der Waals surface area contributed by atoms with Crippen LogP contribution < -0.4 is 0 Å². The number of nitrogens with zero attached hydrogens (tertiary/aromatic N) is 3. The number of carbonyl (C=O) groups is 1. The van der Waals surface area contributed by atoms with Crippen LogP contribution in [0.3, 0.4) is 0 Å². The van der Waals surface area contributed by atoms with Gasteiger partial charge >= 0.3 is 0 Å². The van der Waals surface area contributed by atoms with Crippen molar-refractivity contribution in [1.29, 1.82) is 0 Å². The first kappa shape index (κ1) is 18.2. The van der Waals surface area contributed by atoms with Crippen LogP contribution in [-0.4, -0.2) is 38.7 Å². The summed E-state index contributed by atoms with van der Waals surface area (Å²) >= 11 is 5.41. The van der Waals surface area contributed by atoms with Crippen molar-refractivity contribution >= 4 is 18.1 Å². The Kier molecular flexibility index (Phi) is 4.97. The topological polar surface area (TPSA) is 53.9 Å². The molecule has 4 rings (SSSR count). The number of aromatic nitrogens is 3. The molecule has 0 unspecified atom stereocenters. The maximum atomic E-state index is 12.8. The third kappa shape index (κ3) is 3.90. The second kappa shape index (κ2) is 7.10. The van der Waals surface area contributed by atoms with Crippen molar-refractivity contribution in [3.63, 3.8) is 0 Å². The van der Waals surface area contributed by atoms with Gasteiger partial charge < -0.3 is 9.47 Å². The summed E-state index contributed by atoms with van der Waals surface area (Å²) in [6.07, 6.45) is 10.2. The summed E-state index contributed by atoms with van der Waals surface area (Å²) in [5, 5.41) is 7.51. The van der Waals surface area contributed by atoms with Crippen molar-refractivity contribution < 1.29 is 4.79 Å². The van der Waals surface area contributed by atoms with Crippen LogP contribution in [0.2, 0.25) is 0 Å². The van der Waals surface area contributed by atoms with Gasteiger partial charge in [-0.3, -0.25) is 9.89 Å². The second-order valence-corrected chi connectivity index (χ2v) is 9.86. The normalized spacial score (nSPS) is 26.8. The standard InChI is InChI=1S/C20H32N4OS/c1-20(2)9-3-4-14(13-20)12-17(25)23-10-7-15(8-11-23)18-21-22-19(26)24(18)16-5-6-16/h14-16H,3-13H2,1-2H3,(H,22,26)/t14-/m0/s1. The molecule has 1 aromatic heterocycles. The van der Waals surface area contributed by atoms with Crippen LogP contribution >= 0.6 is 12.2 Å². The Morgan fingerprint density at radius 3 is 2.62 bits per heavy atom. The fraction of sp³-hybridized carbons (Fsp3) is 0.850. The Labute approximate surface area is 161 Å². The van der Waals surface area contributed by atoms with E-state index in [0.29, 0.717) is 29.2 Å². The molecule has 2 saturated carbocycles. The number of carbonyl (C=O) groups excluding carboxylic acids is 1. The zero-order valence-corrected chi connectivity index (χ0v) is 17.0. The van der Waals surface area contributed by atoms with Crippen LogP contribution in [0.5, 0.6) is 0 Å². The molecule has 6 heteroatoms. The van der Waals surface area contributed by atoms with Gasteiger partial charge in [0, 0.05) is 31.5 Å². The molecule has 3 fully saturated rings. The van der Waals surface area contributed by atoms with Crippen molar-refractivity contribution in [1.82, 2.24) is 19.7 Å².